The number of hydrogen-bond acceptors (Lipinski definition) is 2. The van der Waals surface area contributed by atoms with Crippen molar-refractivity contribution in [3.05, 3.63) is 0 Å². The van der Waals surface area contributed by atoms with Crippen LogP contribution in [-0.4, -0.2) is 41.6 Å². The third-order valence-electron chi connectivity index (χ3n) is 2.12. The smallest absolute Gasteiger partial charge is 0.326 e. The van der Waals surface area contributed by atoms with Crippen molar-refractivity contribution in [3.8, 4) is 12.3 Å². The lowest BCUT2D eigenvalue weighted by molar-refractivity contribution is -0.139. The van der Waals surface area contributed by atoms with E-state index >= 15 is 0 Å². The number of urea groups is 1. The number of hydrogen-bond donors (Lipinski definition) is 2. The minimum absolute atomic E-state index is 0.159. The van der Waals surface area contributed by atoms with Crippen LogP contribution in [0.4, 0.5) is 4.79 Å². The molecule has 2 N–H and O–H groups in total. The van der Waals surface area contributed by atoms with Gasteiger partial charge in [-0.15, -0.1) is 6.42 Å². The predicted octanol–water partition coefficient (Wildman–Crippen LogP) is 0.904. The van der Waals surface area contributed by atoms with Gasteiger partial charge in [-0.05, 0) is 6.42 Å². The Bertz CT molecular complexity index is 283. The van der Waals surface area contributed by atoms with Gasteiger partial charge in [0.25, 0.3) is 0 Å². The summed E-state index contributed by atoms with van der Waals surface area (Å²) in [7, 11) is 1.52. The van der Waals surface area contributed by atoms with E-state index in [-0.39, 0.29) is 6.54 Å². The lowest BCUT2D eigenvalue weighted by Crippen LogP contribution is -2.46. The first-order valence-electron chi connectivity index (χ1n) is 5.20. The number of carboxylic acid groups (broad SMARTS) is 1. The summed E-state index contributed by atoms with van der Waals surface area (Å²) in [6.07, 6.45) is 7.13. The van der Waals surface area contributed by atoms with Crippen LogP contribution in [0.15, 0.2) is 0 Å². The van der Waals surface area contributed by atoms with Crippen LogP contribution < -0.4 is 5.32 Å². The molecule has 2 amide bonds. The molecule has 0 aromatic carbocycles. The number of carbonyl (C=O) groups is 2. The fraction of sp³-hybridized carbons (Fsp3) is 0.636. The summed E-state index contributed by atoms with van der Waals surface area (Å²) >= 11 is 0. The first-order valence-corrected chi connectivity index (χ1v) is 5.20. The molecule has 0 saturated carbocycles. The molecule has 0 aliphatic rings. The predicted molar refractivity (Wildman–Crippen MR) is 60.9 cm³/mol. The number of carbonyl (C=O) groups excluding carboxylic acids is 1. The van der Waals surface area contributed by atoms with Gasteiger partial charge in [0.1, 0.15) is 6.04 Å². The van der Waals surface area contributed by atoms with Crippen LogP contribution in [0.3, 0.4) is 0 Å². The van der Waals surface area contributed by atoms with Gasteiger partial charge in [-0.3, -0.25) is 0 Å². The Morgan fingerprint density at radius 1 is 1.56 bits per heavy atom. The molecule has 0 aromatic rings. The van der Waals surface area contributed by atoms with E-state index in [9.17, 15) is 9.59 Å². The highest BCUT2D eigenvalue weighted by Crippen LogP contribution is 2.01. The van der Waals surface area contributed by atoms with Crippen LogP contribution in [0.25, 0.3) is 0 Å². The van der Waals surface area contributed by atoms with Crippen molar-refractivity contribution in [3.63, 3.8) is 0 Å². The molecule has 5 nitrogen and oxygen atoms in total. The monoisotopic (exact) mass is 226 g/mol. The summed E-state index contributed by atoms with van der Waals surface area (Å²) in [6, 6.07) is -1.30. The number of aliphatic carboxylic acids is 1. The summed E-state index contributed by atoms with van der Waals surface area (Å²) in [4.78, 5) is 23.6. The van der Waals surface area contributed by atoms with Gasteiger partial charge in [0, 0.05) is 7.05 Å². The van der Waals surface area contributed by atoms with Crippen molar-refractivity contribution in [1.82, 2.24) is 10.2 Å². The Morgan fingerprint density at radius 3 is 2.62 bits per heavy atom. The third kappa shape index (κ3) is 5.25. The summed E-state index contributed by atoms with van der Waals surface area (Å²) in [5.41, 5.74) is 0. The lowest BCUT2D eigenvalue weighted by atomic mass is 10.1. The SMILES string of the molecule is C#CCN(C)C(=O)NC(CCCC)C(=O)O. The molecular formula is C11H18N2O3. The number of carboxylic acids is 1. The highest BCUT2D eigenvalue weighted by molar-refractivity contribution is 5.82. The molecule has 0 fully saturated rings. The molecule has 0 heterocycles. The Morgan fingerprint density at radius 2 is 2.19 bits per heavy atom. The summed E-state index contributed by atoms with van der Waals surface area (Å²) in [5.74, 6) is 1.29. The van der Waals surface area contributed by atoms with Crippen molar-refractivity contribution in [2.45, 2.75) is 32.2 Å². The standard InChI is InChI=1S/C11H18N2O3/c1-4-6-7-9(10(14)15)12-11(16)13(3)8-5-2/h2,9H,4,6-8H2,1,3H3,(H,12,16)(H,14,15). The number of unbranched alkanes of at least 4 members (excludes halogenated alkanes) is 1. The number of nitrogens with one attached hydrogen (secondary N) is 1. The zero-order valence-electron chi connectivity index (χ0n) is 9.69. The average molecular weight is 226 g/mol. The highest BCUT2D eigenvalue weighted by atomic mass is 16.4. The van der Waals surface area contributed by atoms with E-state index in [0.29, 0.717) is 6.42 Å². The van der Waals surface area contributed by atoms with E-state index < -0.39 is 18.0 Å². The van der Waals surface area contributed by atoms with Crippen LogP contribution in [0.5, 0.6) is 0 Å². The number of amides is 2. The molecule has 0 aromatic heterocycles. The Balaban J connectivity index is 4.23. The molecule has 0 aliphatic carbocycles. The molecule has 0 aliphatic heterocycles. The molecule has 0 spiro atoms. The van der Waals surface area contributed by atoms with Gasteiger partial charge in [0.05, 0.1) is 6.54 Å². The van der Waals surface area contributed by atoms with Crippen LogP contribution in [0.2, 0.25) is 0 Å². The topological polar surface area (TPSA) is 69.6 Å². The minimum Gasteiger partial charge on any atom is -0.480 e. The van der Waals surface area contributed by atoms with Crippen molar-refractivity contribution >= 4 is 12.0 Å². The van der Waals surface area contributed by atoms with E-state index in [2.05, 4.69) is 11.2 Å². The van der Waals surface area contributed by atoms with Crippen molar-refractivity contribution in [1.29, 1.82) is 0 Å². The zero-order valence-corrected chi connectivity index (χ0v) is 9.69. The van der Waals surface area contributed by atoms with Crippen LogP contribution in [0.1, 0.15) is 26.2 Å². The second kappa shape index (κ2) is 7.57. The molecule has 0 rings (SSSR count). The van der Waals surface area contributed by atoms with E-state index in [1.54, 1.807) is 0 Å². The summed E-state index contributed by atoms with van der Waals surface area (Å²) in [5, 5.41) is 11.3. The van der Waals surface area contributed by atoms with E-state index in [1.165, 1.54) is 11.9 Å². The van der Waals surface area contributed by atoms with E-state index in [1.807, 2.05) is 6.92 Å². The molecule has 0 bridgehead atoms. The fourth-order valence-electron chi connectivity index (χ4n) is 1.13. The number of terminal acetylenes is 1. The Kier molecular flexibility index (Phi) is 6.77. The summed E-state index contributed by atoms with van der Waals surface area (Å²) < 4.78 is 0. The van der Waals surface area contributed by atoms with Crippen molar-refractivity contribution in [2.24, 2.45) is 0 Å². The first kappa shape index (κ1) is 14.3. The van der Waals surface area contributed by atoms with Gasteiger partial charge in [0.15, 0.2) is 0 Å². The number of rotatable bonds is 6. The number of nitrogens with zero attached hydrogens (tertiary/aromatic N) is 1. The minimum atomic E-state index is -1.02. The quantitative estimate of drug-likeness (QED) is 0.661. The van der Waals surface area contributed by atoms with Crippen LogP contribution >= 0.6 is 0 Å². The molecule has 5 heteroatoms. The van der Waals surface area contributed by atoms with Crippen LogP contribution in [-0.2, 0) is 4.79 Å². The van der Waals surface area contributed by atoms with Gasteiger partial charge in [-0.1, -0.05) is 25.7 Å². The molecule has 0 radical (unpaired) electrons. The highest BCUT2D eigenvalue weighted by Gasteiger charge is 2.20. The van der Waals surface area contributed by atoms with Crippen molar-refractivity contribution < 1.29 is 14.7 Å². The Labute approximate surface area is 95.8 Å². The molecular weight excluding hydrogens is 208 g/mol. The van der Waals surface area contributed by atoms with Crippen molar-refractivity contribution in [2.75, 3.05) is 13.6 Å². The second-order valence-corrected chi connectivity index (χ2v) is 3.54. The molecule has 90 valence electrons. The second-order valence-electron chi connectivity index (χ2n) is 3.54. The lowest BCUT2D eigenvalue weighted by Gasteiger charge is -2.19. The molecule has 0 saturated heterocycles. The maximum absolute atomic E-state index is 11.5. The van der Waals surface area contributed by atoms with Gasteiger partial charge in [-0.25, -0.2) is 9.59 Å². The maximum Gasteiger partial charge on any atom is 0.326 e. The van der Waals surface area contributed by atoms with Gasteiger partial charge in [-0.2, -0.15) is 0 Å². The molecule has 16 heavy (non-hydrogen) atoms. The average Bonchev–Trinajstić information content (AvgIpc) is 2.23. The zero-order chi connectivity index (χ0) is 12.6. The maximum atomic E-state index is 11.5. The van der Waals surface area contributed by atoms with Gasteiger partial charge < -0.3 is 15.3 Å². The van der Waals surface area contributed by atoms with Gasteiger partial charge >= 0.3 is 12.0 Å². The fourth-order valence-corrected chi connectivity index (χ4v) is 1.13. The molecule has 1 atom stereocenters. The van der Waals surface area contributed by atoms with E-state index in [0.717, 1.165) is 12.8 Å². The third-order valence-corrected chi connectivity index (χ3v) is 2.12. The largest absolute Gasteiger partial charge is 0.480 e. The van der Waals surface area contributed by atoms with E-state index in [4.69, 9.17) is 11.5 Å². The molecule has 1 unspecified atom stereocenters. The first-order chi connectivity index (χ1) is 7.52. The normalized spacial score (nSPS) is 11.3. The van der Waals surface area contributed by atoms with Crippen LogP contribution in [0, 0.1) is 12.3 Å². The summed E-state index contributed by atoms with van der Waals surface area (Å²) in [6.45, 7) is 2.12. The Hall–Kier alpha value is -1.70. The van der Waals surface area contributed by atoms with Gasteiger partial charge in [0.2, 0.25) is 0 Å².